The van der Waals surface area contributed by atoms with Crippen molar-refractivity contribution < 1.29 is 17.4 Å². The molecule has 104 valence electrons. The normalized spacial score (nSPS) is 22.2. The lowest BCUT2D eigenvalue weighted by atomic mass is 10.2. The summed E-state index contributed by atoms with van der Waals surface area (Å²) in [5.41, 5.74) is 0.956. The van der Waals surface area contributed by atoms with E-state index >= 15 is 0 Å². The number of nitriles is 1. The number of nitrogens with one attached hydrogen (secondary N) is 1. The summed E-state index contributed by atoms with van der Waals surface area (Å²) in [6.45, 7) is 2.19. The smallest absolute Gasteiger partial charge is 0.294 e. The molecule has 2 N–H and O–H groups in total. The van der Waals surface area contributed by atoms with Crippen LogP contribution in [0, 0.1) is 18.3 Å². The zero-order chi connectivity index (χ0) is 14.5. The number of rotatable bonds is 1. The summed E-state index contributed by atoms with van der Waals surface area (Å²) >= 11 is 0. The second-order valence-corrected chi connectivity index (χ2v) is 5.63. The van der Waals surface area contributed by atoms with Crippen LogP contribution in [0.5, 0.6) is 0 Å². The van der Waals surface area contributed by atoms with Crippen molar-refractivity contribution in [3.63, 3.8) is 0 Å². The number of benzene rings is 1. The fraction of sp³-hybridized carbons (Fsp3) is 0.417. The highest BCUT2D eigenvalue weighted by molar-refractivity contribution is 7.85. The van der Waals surface area contributed by atoms with Gasteiger partial charge in [0.1, 0.15) is 6.17 Å². The van der Waals surface area contributed by atoms with Crippen LogP contribution in [-0.4, -0.2) is 31.7 Å². The maximum Gasteiger partial charge on any atom is 0.294 e. The van der Waals surface area contributed by atoms with Gasteiger partial charge in [-0.15, -0.1) is 0 Å². The molecule has 1 aliphatic heterocycles. The SMILES string of the molecule is Cc1ccc(S(=O)(=O)O)cc1.N#C[C@@H]1C[C@H](F)CN1. The molecule has 1 fully saturated rings. The molecule has 7 heteroatoms. The third-order valence-electron chi connectivity index (χ3n) is 2.55. The van der Waals surface area contributed by atoms with Gasteiger partial charge in [-0.1, -0.05) is 17.7 Å². The Balaban J connectivity index is 0.000000200. The first-order valence-electron chi connectivity index (χ1n) is 5.64. The van der Waals surface area contributed by atoms with Crippen molar-refractivity contribution >= 4 is 10.1 Å². The topological polar surface area (TPSA) is 90.2 Å². The largest absolute Gasteiger partial charge is 0.299 e. The Labute approximate surface area is 111 Å². The van der Waals surface area contributed by atoms with Gasteiger partial charge in [0.15, 0.2) is 0 Å². The minimum Gasteiger partial charge on any atom is -0.299 e. The van der Waals surface area contributed by atoms with E-state index in [1.807, 2.05) is 13.0 Å². The fourth-order valence-corrected chi connectivity index (χ4v) is 1.98. The molecule has 0 aliphatic carbocycles. The quantitative estimate of drug-likeness (QED) is 0.763. The Bertz CT molecular complexity index is 551. The molecule has 0 saturated carbocycles. The van der Waals surface area contributed by atoms with Crippen LogP contribution in [0.25, 0.3) is 0 Å². The van der Waals surface area contributed by atoms with Crippen LogP contribution in [0.15, 0.2) is 29.2 Å². The molecule has 0 radical (unpaired) electrons. The molecule has 0 aromatic heterocycles. The molecule has 19 heavy (non-hydrogen) atoms. The molecule has 0 amide bonds. The molecule has 1 aliphatic rings. The van der Waals surface area contributed by atoms with Gasteiger partial charge in [-0.3, -0.25) is 9.87 Å². The minimum absolute atomic E-state index is 0.0666. The first-order valence-corrected chi connectivity index (χ1v) is 7.08. The van der Waals surface area contributed by atoms with Gasteiger partial charge in [-0.2, -0.15) is 13.7 Å². The molecule has 1 aromatic rings. The van der Waals surface area contributed by atoms with Crippen molar-refractivity contribution in [3.8, 4) is 6.07 Å². The maximum absolute atomic E-state index is 12.1. The molecule has 5 nitrogen and oxygen atoms in total. The van der Waals surface area contributed by atoms with E-state index in [4.69, 9.17) is 9.81 Å². The average Bonchev–Trinajstić information content (AvgIpc) is 2.75. The van der Waals surface area contributed by atoms with Crippen LogP contribution < -0.4 is 5.32 Å². The van der Waals surface area contributed by atoms with E-state index in [2.05, 4.69) is 5.32 Å². The zero-order valence-electron chi connectivity index (χ0n) is 10.4. The number of nitrogens with zero attached hydrogens (tertiary/aromatic N) is 1. The van der Waals surface area contributed by atoms with E-state index in [0.29, 0.717) is 13.0 Å². The zero-order valence-corrected chi connectivity index (χ0v) is 11.2. The van der Waals surface area contributed by atoms with Gasteiger partial charge in [-0.25, -0.2) is 4.39 Å². The molecule has 1 heterocycles. The van der Waals surface area contributed by atoms with Crippen LogP contribution in [0.2, 0.25) is 0 Å². The minimum atomic E-state index is -4.02. The molecule has 1 saturated heterocycles. The van der Waals surface area contributed by atoms with Crippen LogP contribution in [0.4, 0.5) is 4.39 Å². The fourth-order valence-electron chi connectivity index (χ4n) is 1.50. The van der Waals surface area contributed by atoms with E-state index < -0.39 is 16.3 Å². The lowest BCUT2D eigenvalue weighted by Gasteiger charge is -1.95. The van der Waals surface area contributed by atoms with Gasteiger partial charge >= 0.3 is 0 Å². The van der Waals surface area contributed by atoms with E-state index in [0.717, 1.165) is 5.56 Å². The Morgan fingerprint density at radius 3 is 2.32 bits per heavy atom. The molecular weight excluding hydrogens is 271 g/mol. The Hall–Kier alpha value is -1.49. The van der Waals surface area contributed by atoms with Gasteiger partial charge in [0, 0.05) is 13.0 Å². The molecule has 0 spiro atoms. The molecule has 1 aromatic carbocycles. The summed E-state index contributed by atoms with van der Waals surface area (Å²) in [4.78, 5) is -0.0666. The lowest BCUT2D eigenvalue weighted by molar-refractivity contribution is 0.359. The van der Waals surface area contributed by atoms with Gasteiger partial charge in [0.25, 0.3) is 10.1 Å². The number of alkyl halides is 1. The lowest BCUT2D eigenvalue weighted by Crippen LogP contribution is -2.18. The van der Waals surface area contributed by atoms with Crippen molar-refractivity contribution in [1.82, 2.24) is 5.32 Å². The molecule has 0 unspecified atom stereocenters. The molecular formula is C12H15FN2O3S. The van der Waals surface area contributed by atoms with Gasteiger partial charge in [-0.05, 0) is 19.1 Å². The Kier molecular flexibility index (Phi) is 5.42. The first kappa shape index (κ1) is 15.6. The molecule has 0 bridgehead atoms. The van der Waals surface area contributed by atoms with Gasteiger partial charge in [0.05, 0.1) is 17.0 Å². The second kappa shape index (κ2) is 6.61. The number of hydrogen-bond donors (Lipinski definition) is 2. The van der Waals surface area contributed by atoms with Crippen molar-refractivity contribution in [2.75, 3.05) is 6.54 Å². The van der Waals surface area contributed by atoms with Crippen molar-refractivity contribution in [2.24, 2.45) is 0 Å². The summed E-state index contributed by atoms with van der Waals surface area (Å²) in [6.07, 6.45) is -0.448. The third kappa shape index (κ3) is 5.34. The predicted molar refractivity (Wildman–Crippen MR) is 67.9 cm³/mol. The van der Waals surface area contributed by atoms with Crippen molar-refractivity contribution in [1.29, 1.82) is 5.26 Å². The predicted octanol–water partition coefficient (Wildman–Crippen LogP) is 1.45. The van der Waals surface area contributed by atoms with Crippen LogP contribution in [0.1, 0.15) is 12.0 Å². The third-order valence-corrected chi connectivity index (χ3v) is 3.42. The van der Waals surface area contributed by atoms with E-state index in [-0.39, 0.29) is 10.9 Å². The summed E-state index contributed by atoms with van der Waals surface area (Å²) in [6, 6.07) is 7.69. The van der Waals surface area contributed by atoms with Crippen LogP contribution in [0.3, 0.4) is 0 Å². The van der Waals surface area contributed by atoms with Gasteiger partial charge in [0.2, 0.25) is 0 Å². The van der Waals surface area contributed by atoms with E-state index in [1.165, 1.54) is 12.1 Å². The van der Waals surface area contributed by atoms with Crippen molar-refractivity contribution in [2.45, 2.75) is 30.5 Å². The summed E-state index contributed by atoms with van der Waals surface area (Å²) < 4.78 is 41.7. The average molecular weight is 286 g/mol. The highest BCUT2D eigenvalue weighted by Gasteiger charge is 2.22. The number of hydrogen-bond acceptors (Lipinski definition) is 4. The van der Waals surface area contributed by atoms with E-state index in [9.17, 15) is 12.8 Å². The first-order chi connectivity index (χ1) is 8.82. The highest BCUT2D eigenvalue weighted by Crippen LogP contribution is 2.08. The second-order valence-electron chi connectivity index (χ2n) is 4.21. The Morgan fingerprint density at radius 2 is 2.00 bits per heavy atom. The van der Waals surface area contributed by atoms with Gasteiger partial charge < -0.3 is 0 Å². The van der Waals surface area contributed by atoms with Crippen LogP contribution >= 0.6 is 0 Å². The summed E-state index contributed by atoms with van der Waals surface area (Å²) in [7, 11) is -4.02. The van der Waals surface area contributed by atoms with Crippen molar-refractivity contribution in [3.05, 3.63) is 29.8 Å². The standard InChI is InChI=1S/C7H8O3S.C5H7FN2/c1-6-2-4-7(5-3-6)11(8,9)10;6-4-1-5(2-7)8-3-4/h2-5H,1H3,(H,8,9,10);4-5,8H,1,3H2/t;4-,5-/m.0/s1. The molecule has 2 atom stereocenters. The van der Waals surface area contributed by atoms with E-state index in [1.54, 1.807) is 12.1 Å². The van der Waals surface area contributed by atoms with Crippen LogP contribution in [-0.2, 0) is 10.1 Å². The maximum atomic E-state index is 12.1. The monoisotopic (exact) mass is 286 g/mol. The highest BCUT2D eigenvalue weighted by atomic mass is 32.2. The summed E-state index contributed by atoms with van der Waals surface area (Å²) in [5, 5.41) is 10.9. The molecule has 2 rings (SSSR count). The summed E-state index contributed by atoms with van der Waals surface area (Å²) in [5.74, 6) is 0. The number of halogens is 1. The Morgan fingerprint density at radius 1 is 1.42 bits per heavy atom. The number of aryl methyl sites for hydroxylation is 1.